The number of benzene rings is 1. The molecule has 3 rings (SSSR count). The van der Waals surface area contributed by atoms with Gasteiger partial charge in [0.2, 0.25) is 5.96 Å². The highest BCUT2D eigenvalue weighted by Gasteiger charge is 2.39. The summed E-state index contributed by atoms with van der Waals surface area (Å²) in [5.41, 5.74) is 1.58. The van der Waals surface area contributed by atoms with Crippen molar-refractivity contribution in [3.05, 3.63) is 17.7 Å². The van der Waals surface area contributed by atoms with Crippen molar-refractivity contribution in [2.45, 2.75) is 51.1 Å². The first-order valence-corrected chi connectivity index (χ1v) is 9.90. The maximum atomic E-state index is 12.0. The van der Waals surface area contributed by atoms with Gasteiger partial charge in [-0.1, -0.05) is 25.7 Å². The number of carbonyl (C=O) groups is 1. The lowest BCUT2D eigenvalue weighted by Gasteiger charge is -2.28. The number of hydrogen-bond acceptors (Lipinski definition) is 7. The van der Waals surface area contributed by atoms with E-state index in [0.29, 0.717) is 30.6 Å². The van der Waals surface area contributed by atoms with E-state index in [4.69, 9.17) is 14.6 Å². The molecule has 0 aliphatic carbocycles. The molecular formula is C20H29N3O5. The van der Waals surface area contributed by atoms with Gasteiger partial charge >= 0.3 is 0 Å². The third-order valence-corrected chi connectivity index (χ3v) is 5.13. The van der Waals surface area contributed by atoms with Crippen LogP contribution in [-0.2, 0) is 11.3 Å². The number of hydrogen-bond donors (Lipinski definition) is 3. The van der Waals surface area contributed by atoms with Gasteiger partial charge in [-0.3, -0.25) is 10.1 Å². The van der Waals surface area contributed by atoms with Crippen LogP contribution in [0.4, 0.5) is 5.69 Å². The van der Waals surface area contributed by atoms with E-state index in [-0.39, 0.29) is 19.1 Å². The Balaban J connectivity index is 1.61. The second-order valence-corrected chi connectivity index (χ2v) is 7.04. The molecule has 2 heterocycles. The fraction of sp³-hybridized carbons (Fsp3) is 0.600. The molecule has 1 fully saturated rings. The van der Waals surface area contributed by atoms with Crippen molar-refractivity contribution in [2.75, 3.05) is 26.9 Å². The minimum absolute atomic E-state index is 0.247. The Morgan fingerprint density at radius 2 is 1.93 bits per heavy atom. The SMILES string of the molecule is COc1c(OCCCCCCCCO)ccc2c1CN1C(=N2)NC(=O)C1CO. The highest BCUT2D eigenvalue weighted by atomic mass is 16.5. The van der Waals surface area contributed by atoms with Crippen LogP contribution in [0.5, 0.6) is 11.5 Å². The van der Waals surface area contributed by atoms with E-state index in [2.05, 4.69) is 10.3 Å². The average Bonchev–Trinajstić information content (AvgIpc) is 3.01. The van der Waals surface area contributed by atoms with E-state index in [1.807, 2.05) is 12.1 Å². The number of guanidine groups is 1. The van der Waals surface area contributed by atoms with Crippen LogP contribution < -0.4 is 14.8 Å². The van der Waals surface area contributed by atoms with Gasteiger partial charge in [0.05, 0.1) is 32.6 Å². The van der Waals surface area contributed by atoms with Gasteiger partial charge in [-0.15, -0.1) is 0 Å². The summed E-state index contributed by atoms with van der Waals surface area (Å²) in [5.74, 6) is 1.51. The van der Waals surface area contributed by atoms with Crippen LogP contribution in [0.1, 0.15) is 44.1 Å². The molecular weight excluding hydrogens is 362 g/mol. The van der Waals surface area contributed by atoms with Gasteiger partial charge in [0.15, 0.2) is 11.5 Å². The number of ether oxygens (including phenoxy) is 2. The number of fused-ring (bicyclic) bond motifs is 2. The second-order valence-electron chi connectivity index (χ2n) is 7.04. The highest BCUT2D eigenvalue weighted by molar-refractivity contribution is 6.08. The van der Waals surface area contributed by atoms with Crippen molar-refractivity contribution in [3.8, 4) is 11.5 Å². The standard InChI is InChI=1S/C20H29N3O5/c1-27-18-14-12-23-16(13-25)19(26)22-20(23)21-15(14)8-9-17(18)28-11-7-5-3-2-4-6-10-24/h8-9,16,24-25H,2-7,10-13H2,1H3,(H,21,22,26). The molecule has 2 aliphatic rings. The number of carbonyl (C=O) groups excluding carboxylic acids is 1. The molecule has 0 radical (unpaired) electrons. The van der Waals surface area contributed by atoms with Gasteiger partial charge in [-0.25, -0.2) is 4.99 Å². The van der Waals surface area contributed by atoms with Crippen molar-refractivity contribution in [2.24, 2.45) is 4.99 Å². The normalized spacial score (nSPS) is 17.7. The number of amides is 1. The van der Waals surface area contributed by atoms with Gasteiger partial charge in [0.25, 0.3) is 5.91 Å². The van der Waals surface area contributed by atoms with E-state index in [1.165, 1.54) is 0 Å². The van der Waals surface area contributed by atoms with Crippen LogP contribution in [0.25, 0.3) is 0 Å². The number of nitrogens with one attached hydrogen (secondary N) is 1. The molecule has 0 spiro atoms. The molecule has 1 unspecified atom stereocenters. The number of nitrogens with zero attached hydrogens (tertiary/aromatic N) is 2. The third kappa shape index (κ3) is 4.39. The second kappa shape index (κ2) is 9.75. The van der Waals surface area contributed by atoms with Gasteiger partial charge in [-0.2, -0.15) is 0 Å². The molecule has 1 amide bonds. The number of rotatable bonds is 11. The van der Waals surface area contributed by atoms with Crippen molar-refractivity contribution < 1.29 is 24.5 Å². The van der Waals surface area contributed by atoms with Crippen LogP contribution in [0.3, 0.4) is 0 Å². The van der Waals surface area contributed by atoms with Gasteiger partial charge in [0.1, 0.15) is 6.04 Å². The summed E-state index contributed by atoms with van der Waals surface area (Å²) >= 11 is 0. The average molecular weight is 391 g/mol. The summed E-state index contributed by atoms with van der Waals surface area (Å²) in [6.07, 6.45) is 6.27. The Morgan fingerprint density at radius 3 is 2.64 bits per heavy atom. The van der Waals surface area contributed by atoms with E-state index in [1.54, 1.807) is 12.0 Å². The van der Waals surface area contributed by atoms with Gasteiger partial charge in [0, 0.05) is 12.2 Å². The summed E-state index contributed by atoms with van der Waals surface area (Å²) in [6, 6.07) is 3.08. The van der Waals surface area contributed by atoms with Crippen LogP contribution >= 0.6 is 0 Å². The monoisotopic (exact) mass is 391 g/mol. The lowest BCUT2D eigenvalue weighted by Crippen LogP contribution is -2.39. The minimum atomic E-state index is -0.632. The first-order valence-electron chi connectivity index (χ1n) is 9.90. The Bertz CT molecular complexity index is 722. The fourth-order valence-electron chi connectivity index (χ4n) is 3.59. The molecule has 1 aromatic rings. The Labute approximate surface area is 165 Å². The Morgan fingerprint density at radius 1 is 1.18 bits per heavy atom. The van der Waals surface area contributed by atoms with E-state index >= 15 is 0 Å². The fourth-order valence-corrected chi connectivity index (χ4v) is 3.59. The molecule has 154 valence electrons. The van der Waals surface area contributed by atoms with E-state index < -0.39 is 6.04 Å². The maximum absolute atomic E-state index is 12.0. The summed E-state index contributed by atoms with van der Waals surface area (Å²) in [4.78, 5) is 18.2. The molecule has 28 heavy (non-hydrogen) atoms. The number of methoxy groups -OCH3 is 1. The van der Waals surface area contributed by atoms with Crippen LogP contribution in [-0.4, -0.2) is 60.0 Å². The third-order valence-electron chi connectivity index (χ3n) is 5.13. The summed E-state index contributed by atoms with van der Waals surface area (Å²) in [7, 11) is 1.60. The largest absolute Gasteiger partial charge is 0.492 e. The summed E-state index contributed by atoms with van der Waals surface area (Å²) in [5, 5.41) is 21.0. The van der Waals surface area contributed by atoms with Gasteiger partial charge < -0.3 is 24.6 Å². The van der Waals surface area contributed by atoms with Crippen LogP contribution in [0.15, 0.2) is 17.1 Å². The smallest absolute Gasteiger partial charge is 0.251 e. The predicted molar refractivity (Wildman–Crippen MR) is 105 cm³/mol. The zero-order valence-electron chi connectivity index (χ0n) is 16.3. The Hall–Kier alpha value is -2.32. The topological polar surface area (TPSA) is 104 Å². The molecule has 0 saturated carbocycles. The number of aliphatic hydroxyl groups is 2. The summed E-state index contributed by atoms with van der Waals surface area (Å²) in [6.45, 7) is 1.03. The lowest BCUT2D eigenvalue weighted by atomic mass is 10.1. The van der Waals surface area contributed by atoms with Gasteiger partial charge in [-0.05, 0) is 25.0 Å². The molecule has 8 nitrogen and oxygen atoms in total. The van der Waals surface area contributed by atoms with E-state index in [9.17, 15) is 9.90 Å². The van der Waals surface area contributed by atoms with Crippen LogP contribution in [0.2, 0.25) is 0 Å². The van der Waals surface area contributed by atoms with E-state index in [0.717, 1.165) is 49.8 Å². The van der Waals surface area contributed by atoms with Crippen molar-refractivity contribution in [1.29, 1.82) is 0 Å². The quantitative estimate of drug-likeness (QED) is 0.496. The van der Waals surface area contributed by atoms with Crippen molar-refractivity contribution in [3.63, 3.8) is 0 Å². The molecule has 0 bridgehead atoms. The highest BCUT2D eigenvalue weighted by Crippen LogP contribution is 2.41. The minimum Gasteiger partial charge on any atom is -0.492 e. The number of unbranched alkanes of at least 4 members (excludes halogenated alkanes) is 5. The first-order chi connectivity index (χ1) is 13.7. The summed E-state index contributed by atoms with van der Waals surface area (Å²) < 4.78 is 11.5. The predicted octanol–water partition coefficient (Wildman–Crippen LogP) is 1.70. The molecule has 2 aliphatic heterocycles. The molecule has 0 aromatic heterocycles. The molecule has 1 aromatic carbocycles. The zero-order valence-corrected chi connectivity index (χ0v) is 16.3. The molecule has 8 heteroatoms. The lowest BCUT2D eigenvalue weighted by molar-refractivity contribution is -0.122. The number of aliphatic hydroxyl groups excluding tert-OH is 2. The number of aliphatic imine (C=N–C) groups is 1. The van der Waals surface area contributed by atoms with Crippen LogP contribution in [0, 0.1) is 0 Å². The zero-order chi connectivity index (χ0) is 19.9. The van der Waals surface area contributed by atoms with Crippen molar-refractivity contribution >= 4 is 17.6 Å². The van der Waals surface area contributed by atoms with Crippen molar-refractivity contribution in [1.82, 2.24) is 10.2 Å². The Kier molecular flexibility index (Phi) is 7.11. The maximum Gasteiger partial charge on any atom is 0.251 e. The molecule has 3 N–H and O–H groups in total. The first kappa shape index (κ1) is 20.4. The molecule has 1 saturated heterocycles. The molecule has 1 atom stereocenters.